The number of aromatic nitrogens is 2. The van der Waals surface area contributed by atoms with E-state index in [2.05, 4.69) is 20.6 Å². The summed E-state index contributed by atoms with van der Waals surface area (Å²) in [6, 6.07) is 6.11. The first-order valence-corrected chi connectivity index (χ1v) is 5.78. The number of nitrogens with one attached hydrogen (secondary N) is 2. The van der Waals surface area contributed by atoms with Crippen molar-refractivity contribution >= 4 is 23.5 Å². The number of carbonyl (C=O) groups excluding carboxylic acids is 1. The number of rotatable bonds is 4. The minimum atomic E-state index is -0.897. The van der Waals surface area contributed by atoms with Crippen LogP contribution in [0, 0.1) is 0 Å². The minimum Gasteiger partial charge on any atom is -0.481 e. The van der Waals surface area contributed by atoms with Gasteiger partial charge in [-0.1, -0.05) is 12.1 Å². The Hall–Kier alpha value is -2.96. The highest BCUT2D eigenvalue weighted by Crippen LogP contribution is 2.10. The summed E-state index contributed by atoms with van der Waals surface area (Å²) in [6.07, 6.45) is 4.35. The molecule has 20 heavy (non-hydrogen) atoms. The van der Waals surface area contributed by atoms with E-state index < -0.39 is 12.0 Å². The van der Waals surface area contributed by atoms with Crippen molar-refractivity contribution in [2.75, 3.05) is 10.6 Å². The lowest BCUT2D eigenvalue weighted by molar-refractivity contribution is -0.136. The van der Waals surface area contributed by atoms with Crippen LogP contribution < -0.4 is 10.6 Å². The Morgan fingerprint density at radius 3 is 2.45 bits per heavy atom. The van der Waals surface area contributed by atoms with Gasteiger partial charge in [0, 0.05) is 18.1 Å². The molecule has 0 atom stereocenters. The lowest BCUT2D eigenvalue weighted by Crippen LogP contribution is -2.20. The maximum atomic E-state index is 11.7. The average Bonchev–Trinajstić information content (AvgIpc) is 2.41. The molecule has 2 aromatic rings. The first kappa shape index (κ1) is 13.5. The number of anilines is 2. The maximum Gasteiger partial charge on any atom is 0.324 e. The standard InChI is InChI=1S/C13H12N4O3/c18-12(19)7-9-1-3-10(4-2-9)16-13(20)17-11-8-14-5-6-15-11/h1-6,8H,7H2,(H,18,19)(H2,15,16,17,20). The van der Waals surface area contributed by atoms with Crippen LogP contribution in [-0.4, -0.2) is 27.1 Å². The zero-order valence-corrected chi connectivity index (χ0v) is 10.4. The molecule has 7 nitrogen and oxygen atoms in total. The summed E-state index contributed by atoms with van der Waals surface area (Å²) < 4.78 is 0. The zero-order chi connectivity index (χ0) is 14.4. The molecule has 3 N–H and O–H groups in total. The molecule has 1 heterocycles. The minimum absolute atomic E-state index is 0.0495. The molecule has 0 saturated carbocycles. The first-order chi connectivity index (χ1) is 9.63. The number of carboxylic acid groups (broad SMARTS) is 1. The van der Waals surface area contributed by atoms with Crippen LogP contribution >= 0.6 is 0 Å². The number of carbonyl (C=O) groups is 2. The Labute approximate surface area is 114 Å². The second-order valence-electron chi connectivity index (χ2n) is 3.94. The normalized spacial score (nSPS) is 9.80. The Balaban J connectivity index is 1.93. The summed E-state index contributed by atoms with van der Waals surface area (Å²) in [5, 5.41) is 13.8. The van der Waals surface area contributed by atoms with Crippen molar-refractivity contribution in [1.82, 2.24) is 9.97 Å². The summed E-state index contributed by atoms with van der Waals surface area (Å²) >= 11 is 0. The van der Waals surface area contributed by atoms with Gasteiger partial charge < -0.3 is 10.4 Å². The molecular formula is C13H12N4O3. The van der Waals surface area contributed by atoms with Crippen molar-refractivity contribution in [1.29, 1.82) is 0 Å². The Morgan fingerprint density at radius 2 is 1.85 bits per heavy atom. The van der Waals surface area contributed by atoms with Crippen LogP contribution in [0.2, 0.25) is 0 Å². The Kier molecular flexibility index (Phi) is 4.23. The molecule has 0 bridgehead atoms. The summed E-state index contributed by atoms with van der Waals surface area (Å²) in [5.41, 5.74) is 1.22. The fourth-order valence-electron chi connectivity index (χ4n) is 1.52. The summed E-state index contributed by atoms with van der Waals surface area (Å²) in [7, 11) is 0. The van der Waals surface area contributed by atoms with Crippen molar-refractivity contribution in [3.05, 3.63) is 48.4 Å². The van der Waals surface area contributed by atoms with Crippen LogP contribution in [0.25, 0.3) is 0 Å². The number of hydrogen-bond donors (Lipinski definition) is 3. The molecule has 0 fully saturated rings. The smallest absolute Gasteiger partial charge is 0.324 e. The highest BCUT2D eigenvalue weighted by molar-refractivity contribution is 5.99. The SMILES string of the molecule is O=C(O)Cc1ccc(NC(=O)Nc2cnccn2)cc1. The van der Waals surface area contributed by atoms with Gasteiger partial charge in [0.15, 0.2) is 5.82 Å². The molecule has 2 rings (SSSR count). The highest BCUT2D eigenvalue weighted by Gasteiger charge is 2.04. The van der Waals surface area contributed by atoms with Gasteiger partial charge in [-0.3, -0.25) is 15.1 Å². The molecule has 0 aliphatic heterocycles. The Bertz CT molecular complexity index is 599. The molecule has 102 valence electrons. The molecule has 0 aliphatic carbocycles. The van der Waals surface area contributed by atoms with E-state index in [1.165, 1.54) is 18.6 Å². The van der Waals surface area contributed by atoms with Crippen molar-refractivity contribution in [2.45, 2.75) is 6.42 Å². The van der Waals surface area contributed by atoms with Crippen molar-refractivity contribution in [3.63, 3.8) is 0 Å². The molecule has 1 aromatic carbocycles. The van der Waals surface area contributed by atoms with Crippen molar-refractivity contribution in [3.8, 4) is 0 Å². The van der Waals surface area contributed by atoms with Gasteiger partial charge in [0.2, 0.25) is 0 Å². The van der Waals surface area contributed by atoms with E-state index in [1.54, 1.807) is 24.3 Å². The molecule has 2 amide bonds. The van der Waals surface area contributed by atoms with Gasteiger partial charge in [-0.25, -0.2) is 9.78 Å². The third-order valence-electron chi connectivity index (χ3n) is 2.37. The monoisotopic (exact) mass is 272 g/mol. The van der Waals surface area contributed by atoms with E-state index in [9.17, 15) is 9.59 Å². The van der Waals surface area contributed by atoms with E-state index in [0.717, 1.165) is 0 Å². The zero-order valence-electron chi connectivity index (χ0n) is 10.4. The first-order valence-electron chi connectivity index (χ1n) is 5.78. The molecule has 0 spiro atoms. The number of benzene rings is 1. The second kappa shape index (κ2) is 6.28. The van der Waals surface area contributed by atoms with Crippen LogP contribution in [0.5, 0.6) is 0 Å². The van der Waals surface area contributed by atoms with Gasteiger partial charge >= 0.3 is 12.0 Å². The van der Waals surface area contributed by atoms with Gasteiger partial charge in [0.25, 0.3) is 0 Å². The fraction of sp³-hybridized carbons (Fsp3) is 0.0769. The fourth-order valence-corrected chi connectivity index (χ4v) is 1.52. The molecule has 1 aromatic heterocycles. The lowest BCUT2D eigenvalue weighted by atomic mass is 10.1. The number of aliphatic carboxylic acids is 1. The number of nitrogens with zero attached hydrogens (tertiary/aromatic N) is 2. The summed E-state index contributed by atoms with van der Waals surface area (Å²) in [5.74, 6) is -0.557. The average molecular weight is 272 g/mol. The van der Waals surface area contributed by atoms with Gasteiger partial charge in [-0.2, -0.15) is 0 Å². The topological polar surface area (TPSA) is 104 Å². The van der Waals surface area contributed by atoms with Crippen LogP contribution in [-0.2, 0) is 11.2 Å². The molecule has 0 saturated heterocycles. The third-order valence-corrected chi connectivity index (χ3v) is 2.37. The van der Waals surface area contributed by atoms with E-state index in [-0.39, 0.29) is 6.42 Å². The highest BCUT2D eigenvalue weighted by atomic mass is 16.4. The number of urea groups is 1. The van der Waals surface area contributed by atoms with E-state index in [0.29, 0.717) is 17.1 Å². The van der Waals surface area contributed by atoms with E-state index in [1.807, 2.05) is 0 Å². The molecule has 0 aliphatic rings. The summed E-state index contributed by atoms with van der Waals surface area (Å²) in [4.78, 5) is 29.9. The molecule has 7 heteroatoms. The predicted octanol–water partition coefficient (Wildman–Crippen LogP) is 1.75. The maximum absolute atomic E-state index is 11.7. The van der Waals surface area contributed by atoms with Crippen molar-refractivity contribution < 1.29 is 14.7 Å². The molecule has 0 unspecified atom stereocenters. The van der Waals surface area contributed by atoms with Crippen LogP contribution in [0.15, 0.2) is 42.9 Å². The van der Waals surface area contributed by atoms with Crippen molar-refractivity contribution in [2.24, 2.45) is 0 Å². The predicted molar refractivity (Wildman–Crippen MR) is 72.5 cm³/mol. The quantitative estimate of drug-likeness (QED) is 0.786. The van der Waals surface area contributed by atoms with Crippen LogP contribution in [0.4, 0.5) is 16.3 Å². The summed E-state index contributed by atoms with van der Waals surface area (Å²) in [6.45, 7) is 0. The number of carboxylic acids is 1. The van der Waals surface area contributed by atoms with Gasteiger partial charge in [0.1, 0.15) is 0 Å². The second-order valence-corrected chi connectivity index (χ2v) is 3.94. The molecule has 0 radical (unpaired) electrons. The number of hydrogen-bond acceptors (Lipinski definition) is 4. The van der Waals surface area contributed by atoms with E-state index in [4.69, 9.17) is 5.11 Å². The largest absolute Gasteiger partial charge is 0.481 e. The van der Waals surface area contributed by atoms with E-state index >= 15 is 0 Å². The number of amides is 2. The Morgan fingerprint density at radius 1 is 1.10 bits per heavy atom. The van der Waals surface area contributed by atoms with Crippen LogP contribution in [0.3, 0.4) is 0 Å². The molecular weight excluding hydrogens is 260 g/mol. The van der Waals surface area contributed by atoms with Crippen LogP contribution in [0.1, 0.15) is 5.56 Å². The lowest BCUT2D eigenvalue weighted by Gasteiger charge is -2.07. The van der Waals surface area contributed by atoms with Gasteiger partial charge in [-0.15, -0.1) is 0 Å². The third kappa shape index (κ3) is 4.05. The van der Waals surface area contributed by atoms with Gasteiger partial charge in [0.05, 0.1) is 12.6 Å². The van der Waals surface area contributed by atoms with Gasteiger partial charge in [-0.05, 0) is 17.7 Å².